The summed E-state index contributed by atoms with van der Waals surface area (Å²) < 4.78 is 7.84. The first-order valence-corrected chi connectivity index (χ1v) is 8.92. The van der Waals surface area contributed by atoms with Crippen LogP contribution in [0.1, 0.15) is 22.7 Å². The van der Waals surface area contributed by atoms with Crippen molar-refractivity contribution in [3.63, 3.8) is 0 Å². The van der Waals surface area contributed by atoms with E-state index >= 15 is 0 Å². The second-order valence-corrected chi connectivity index (χ2v) is 6.70. The Hall–Kier alpha value is -3.67. The molecule has 28 heavy (non-hydrogen) atoms. The average molecular weight is 372 g/mol. The number of rotatable bonds is 4. The Labute approximate surface area is 163 Å². The predicted octanol–water partition coefficient (Wildman–Crippen LogP) is 3.57. The van der Waals surface area contributed by atoms with E-state index in [0.29, 0.717) is 11.5 Å². The lowest BCUT2D eigenvalue weighted by atomic mass is 9.98. The SMILES string of the molecule is C=CC(=O)NC1C=C(c2ccc(-c3cnn(C)c3)nc2)Oc2ccc(C)cc21. The number of ether oxygens (including phenoxy) is 1. The number of benzene rings is 1. The predicted molar refractivity (Wildman–Crippen MR) is 107 cm³/mol. The van der Waals surface area contributed by atoms with Crippen LogP contribution in [-0.4, -0.2) is 20.7 Å². The molecule has 0 spiro atoms. The molecule has 6 heteroatoms. The van der Waals surface area contributed by atoms with Crippen molar-refractivity contribution in [2.24, 2.45) is 7.05 Å². The molecule has 0 aliphatic carbocycles. The molecule has 1 aliphatic heterocycles. The first kappa shape index (κ1) is 17.7. The van der Waals surface area contributed by atoms with Crippen LogP contribution in [0.25, 0.3) is 17.0 Å². The summed E-state index contributed by atoms with van der Waals surface area (Å²) in [7, 11) is 1.87. The lowest BCUT2D eigenvalue weighted by Crippen LogP contribution is -2.28. The third-order valence-corrected chi connectivity index (χ3v) is 4.57. The smallest absolute Gasteiger partial charge is 0.244 e. The fourth-order valence-corrected chi connectivity index (χ4v) is 3.15. The molecule has 140 valence electrons. The number of fused-ring (bicyclic) bond motifs is 1. The van der Waals surface area contributed by atoms with Gasteiger partial charge in [-0.3, -0.25) is 14.5 Å². The van der Waals surface area contributed by atoms with Crippen LogP contribution in [0.3, 0.4) is 0 Å². The Morgan fingerprint density at radius 2 is 2.11 bits per heavy atom. The van der Waals surface area contributed by atoms with Gasteiger partial charge in [0.05, 0.1) is 17.9 Å². The summed E-state index contributed by atoms with van der Waals surface area (Å²) in [5.41, 5.74) is 4.63. The molecule has 3 aromatic rings. The van der Waals surface area contributed by atoms with Crippen molar-refractivity contribution >= 4 is 11.7 Å². The first-order chi connectivity index (χ1) is 13.5. The molecule has 1 aliphatic rings. The number of nitrogens with one attached hydrogen (secondary N) is 1. The molecule has 0 saturated heterocycles. The van der Waals surface area contributed by atoms with Gasteiger partial charge in [0, 0.05) is 36.1 Å². The molecule has 0 bridgehead atoms. The minimum absolute atomic E-state index is 0.236. The fraction of sp³-hybridized carbons (Fsp3) is 0.136. The minimum Gasteiger partial charge on any atom is -0.457 e. The molecule has 2 aromatic heterocycles. The van der Waals surface area contributed by atoms with Gasteiger partial charge in [-0.1, -0.05) is 18.2 Å². The summed E-state index contributed by atoms with van der Waals surface area (Å²) in [4.78, 5) is 16.4. The maximum absolute atomic E-state index is 11.9. The van der Waals surface area contributed by atoms with Gasteiger partial charge < -0.3 is 10.1 Å². The molecule has 1 aromatic carbocycles. The Balaban J connectivity index is 1.68. The van der Waals surface area contributed by atoms with E-state index in [1.165, 1.54) is 6.08 Å². The zero-order chi connectivity index (χ0) is 19.7. The van der Waals surface area contributed by atoms with Crippen molar-refractivity contribution in [1.82, 2.24) is 20.1 Å². The largest absolute Gasteiger partial charge is 0.457 e. The van der Waals surface area contributed by atoms with E-state index in [-0.39, 0.29) is 11.9 Å². The van der Waals surface area contributed by atoms with Gasteiger partial charge >= 0.3 is 0 Å². The van der Waals surface area contributed by atoms with E-state index in [9.17, 15) is 4.79 Å². The number of hydrogen-bond donors (Lipinski definition) is 1. The maximum Gasteiger partial charge on any atom is 0.244 e. The highest BCUT2D eigenvalue weighted by Crippen LogP contribution is 2.37. The lowest BCUT2D eigenvalue weighted by molar-refractivity contribution is -0.116. The van der Waals surface area contributed by atoms with Gasteiger partial charge in [-0.25, -0.2) is 0 Å². The molecular weight excluding hydrogens is 352 g/mol. The van der Waals surface area contributed by atoms with E-state index in [0.717, 1.165) is 27.9 Å². The monoisotopic (exact) mass is 372 g/mol. The van der Waals surface area contributed by atoms with Gasteiger partial charge in [0.15, 0.2) is 0 Å². The second kappa shape index (κ2) is 7.15. The van der Waals surface area contributed by atoms with Gasteiger partial charge in [0.2, 0.25) is 5.91 Å². The zero-order valence-electron chi connectivity index (χ0n) is 15.7. The molecular formula is C22H20N4O2. The first-order valence-electron chi connectivity index (χ1n) is 8.92. The van der Waals surface area contributed by atoms with E-state index in [2.05, 4.69) is 22.0 Å². The van der Waals surface area contributed by atoms with E-state index in [4.69, 9.17) is 4.74 Å². The number of carbonyl (C=O) groups is 1. The number of pyridine rings is 1. The topological polar surface area (TPSA) is 69.0 Å². The number of hydrogen-bond acceptors (Lipinski definition) is 4. The van der Waals surface area contributed by atoms with Crippen molar-refractivity contribution in [2.45, 2.75) is 13.0 Å². The molecule has 0 fully saturated rings. The van der Waals surface area contributed by atoms with Gasteiger partial charge in [0.25, 0.3) is 0 Å². The number of nitrogens with zero attached hydrogens (tertiary/aromatic N) is 3. The van der Waals surface area contributed by atoms with E-state index < -0.39 is 0 Å². The average Bonchev–Trinajstić information content (AvgIpc) is 3.14. The number of carbonyl (C=O) groups excluding carboxylic acids is 1. The Morgan fingerprint density at radius 3 is 2.79 bits per heavy atom. The van der Waals surface area contributed by atoms with Crippen molar-refractivity contribution in [3.05, 3.63) is 84.3 Å². The molecule has 1 unspecified atom stereocenters. The highest BCUT2D eigenvalue weighted by Gasteiger charge is 2.24. The summed E-state index contributed by atoms with van der Waals surface area (Å²) in [6, 6.07) is 9.49. The summed E-state index contributed by atoms with van der Waals surface area (Å²) in [5.74, 6) is 1.13. The standard InChI is InChI=1S/C22H20N4O2/c1-4-22(27)25-19-10-21(28-20-8-5-14(2)9-17(19)20)15-6-7-18(23-11-15)16-12-24-26(3)13-16/h4-13,19H,1H2,2-3H3,(H,25,27). The molecule has 4 rings (SSSR count). The van der Waals surface area contributed by atoms with Crippen LogP contribution in [0.5, 0.6) is 5.75 Å². The van der Waals surface area contributed by atoms with Crippen LogP contribution in [-0.2, 0) is 11.8 Å². The Morgan fingerprint density at radius 1 is 1.25 bits per heavy atom. The van der Waals surface area contributed by atoms with Crippen LogP contribution >= 0.6 is 0 Å². The third kappa shape index (κ3) is 3.44. The normalized spacial score (nSPS) is 15.2. The van der Waals surface area contributed by atoms with Crippen LogP contribution < -0.4 is 10.1 Å². The van der Waals surface area contributed by atoms with Crippen LogP contribution in [0.15, 0.2) is 67.7 Å². The number of aromatic nitrogens is 3. The second-order valence-electron chi connectivity index (χ2n) is 6.70. The number of aryl methyl sites for hydroxylation is 2. The van der Waals surface area contributed by atoms with Crippen LogP contribution in [0.4, 0.5) is 0 Å². The van der Waals surface area contributed by atoms with Gasteiger partial charge in [-0.05, 0) is 43.3 Å². The summed E-state index contributed by atoms with van der Waals surface area (Å²) in [6.45, 7) is 5.54. The molecule has 6 nitrogen and oxygen atoms in total. The quantitative estimate of drug-likeness (QED) is 0.711. The molecule has 1 amide bonds. The van der Waals surface area contributed by atoms with E-state index in [1.807, 2.05) is 56.6 Å². The molecule has 3 heterocycles. The summed E-state index contributed by atoms with van der Waals surface area (Å²) in [6.07, 6.45) is 8.61. The Bertz CT molecular complexity index is 1080. The van der Waals surface area contributed by atoms with Crippen molar-refractivity contribution in [1.29, 1.82) is 0 Å². The van der Waals surface area contributed by atoms with E-state index in [1.54, 1.807) is 17.1 Å². The summed E-state index contributed by atoms with van der Waals surface area (Å²) >= 11 is 0. The van der Waals surface area contributed by atoms with Crippen molar-refractivity contribution < 1.29 is 9.53 Å². The lowest BCUT2D eigenvalue weighted by Gasteiger charge is -2.26. The van der Waals surface area contributed by atoms with Crippen LogP contribution in [0.2, 0.25) is 0 Å². The van der Waals surface area contributed by atoms with Crippen LogP contribution in [0, 0.1) is 6.92 Å². The highest BCUT2D eigenvalue weighted by atomic mass is 16.5. The summed E-state index contributed by atoms with van der Waals surface area (Å²) in [5, 5.41) is 7.12. The van der Waals surface area contributed by atoms with Crippen molar-refractivity contribution in [2.75, 3.05) is 0 Å². The van der Waals surface area contributed by atoms with Gasteiger partial charge in [-0.15, -0.1) is 0 Å². The maximum atomic E-state index is 11.9. The fourth-order valence-electron chi connectivity index (χ4n) is 3.15. The van der Waals surface area contributed by atoms with Gasteiger partial charge in [0.1, 0.15) is 11.5 Å². The number of amides is 1. The Kier molecular flexibility index (Phi) is 4.53. The molecule has 0 saturated carbocycles. The minimum atomic E-state index is -0.304. The highest BCUT2D eigenvalue weighted by molar-refractivity contribution is 5.88. The molecule has 1 atom stereocenters. The third-order valence-electron chi connectivity index (χ3n) is 4.57. The van der Waals surface area contributed by atoms with Crippen molar-refractivity contribution in [3.8, 4) is 17.0 Å². The molecule has 0 radical (unpaired) electrons. The molecule has 1 N–H and O–H groups in total. The van der Waals surface area contributed by atoms with Gasteiger partial charge in [-0.2, -0.15) is 5.10 Å². The zero-order valence-corrected chi connectivity index (χ0v) is 15.7.